The summed E-state index contributed by atoms with van der Waals surface area (Å²) in [5.41, 5.74) is 3.42. The molecule has 1 heterocycles. The summed E-state index contributed by atoms with van der Waals surface area (Å²) in [5.74, 6) is -0.219. The van der Waals surface area contributed by atoms with Crippen LogP contribution in [-0.2, 0) is 11.3 Å². The van der Waals surface area contributed by atoms with E-state index in [1.807, 2.05) is 47.8 Å². The second-order valence-electron chi connectivity index (χ2n) is 5.58. The van der Waals surface area contributed by atoms with Gasteiger partial charge in [-0.2, -0.15) is 0 Å². The maximum absolute atomic E-state index is 12.4. The number of hydrogen-bond acceptors (Lipinski definition) is 4. The highest BCUT2D eigenvalue weighted by molar-refractivity contribution is 14.1. The first-order chi connectivity index (χ1) is 12.5. The Morgan fingerprint density at radius 1 is 1.12 bits per heavy atom. The smallest absolute Gasteiger partial charge is 0.258 e. The molecule has 0 atom stereocenters. The number of rotatable bonds is 5. The average Bonchev–Trinajstić information content (AvgIpc) is 3.09. The van der Waals surface area contributed by atoms with Crippen LogP contribution in [0.1, 0.15) is 22.8 Å². The molecule has 7 heteroatoms. The molecule has 132 valence electrons. The molecule has 5 nitrogen and oxygen atoms in total. The Morgan fingerprint density at radius 3 is 2.54 bits per heavy atom. The van der Waals surface area contributed by atoms with E-state index < -0.39 is 0 Å². The van der Waals surface area contributed by atoms with Crippen LogP contribution in [0.5, 0.6) is 0 Å². The molecule has 2 N–H and O–H groups in total. The first kappa shape index (κ1) is 18.5. The van der Waals surface area contributed by atoms with E-state index >= 15 is 0 Å². The normalized spacial score (nSPS) is 10.4. The monoisotopic (exact) mass is 477 g/mol. The van der Waals surface area contributed by atoms with Crippen molar-refractivity contribution in [2.24, 2.45) is 0 Å². The number of thiazole rings is 1. The number of carbonyl (C=O) groups excluding carboxylic acids is 2. The summed E-state index contributed by atoms with van der Waals surface area (Å²) in [7, 11) is 0. The van der Waals surface area contributed by atoms with Crippen molar-refractivity contribution in [1.82, 2.24) is 10.3 Å². The average molecular weight is 477 g/mol. The number of benzene rings is 2. The summed E-state index contributed by atoms with van der Waals surface area (Å²) >= 11 is 3.53. The Labute approximate surface area is 169 Å². The number of amides is 2. The fourth-order valence-electron chi connectivity index (χ4n) is 2.29. The van der Waals surface area contributed by atoms with Crippen LogP contribution in [0.2, 0.25) is 0 Å². The van der Waals surface area contributed by atoms with Crippen LogP contribution in [0.15, 0.2) is 53.9 Å². The van der Waals surface area contributed by atoms with Gasteiger partial charge in [0.25, 0.3) is 5.91 Å². The minimum absolute atomic E-state index is 0.0537. The second kappa shape index (κ2) is 8.41. The number of nitrogens with zero attached hydrogens (tertiary/aromatic N) is 1. The zero-order valence-electron chi connectivity index (χ0n) is 14.0. The first-order valence-electron chi connectivity index (χ1n) is 7.88. The zero-order valence-corrected chi connectivity index (χ0v) is 16.9. The van der Waals surface area contributed by atoms with Gasteiger partial charge in [-0.3, -0.25) is 14.9 Å². The molecule has 0 aliphatic carbocycles. The van der Waals surface area contributed by atoms with Gasteiger partial charge in [-0.05, 0) is 40.3 Å². The predicted octanol–water partition coefficient (Wildman–Crippen LogP) is 4.30. The molecule has 3 rings (SSSR count). The third-order valence-electron chi connectivity index (χ3n) is 3.63. The quantitative estimate of drug-likeness (QED) is 0.539. The Hall–Kier alpha value is -2.26. The minimum atomic E-state index is -0.165. The molecule has 0 radical (unpaired) electrons. The molecule has 0 aliphatic heterocycles. The Morgan fingerprint density at radius 2 is 1.85 bits per heavy atom. The lowest BCUT2D eigenvalue weighted by Gasteiger charge is -2.04. The van der Waals surface area contributed by atoms with Crippen molar-refractivity contribution in [2.45, 2.75) is 13.5 Å². The van der Waals surface area contributed by atoms with E-state index in [-0.39, 0.29) is 11.8 Å². The summed E-state index contributed by atoms with van der Waals surface area (Å²) in [6.45, 7) is 2.00. The zero-order chi connectivity index (χ0) is 18.5. The van der Waals surface area contributed by atoms with E-state index in [1.165, 1.54) is 18.3 Å². The topological polar surface area (TPSA) is 71.1 Å². The minimum Gasteiger partial charge on any atom is -0.352 e. The SMILES string of the molecule is CC(=O)NCc1ccc(-c2csc(NC(=O)c3ccccc3I)n2)cc1. The van der Waals surface area contributed by atoms with E-state index in [1.54, 1.807) is 6.07 Å². The molecule has 0 saturated heterocycles. The molecule has 0 fully saturated rings. The molecule has 0 saturated carbocycles. The van der Waals surface area contributed by atoms with Crippen LogP contribution in [0.25, 0.3) is 11.3 Å². The molecule has 3 aromatic rings. The van der Waals surface area contributed by atoms with Crippen molar-refractivity contribution in [2.75, 3.05) is 5.32 Å². The maximum Gasteiger partial charge on any atom is 0.258 e. The second-order valence-corrected chi connectivity index (χ2v) is 7.60. The lowest BCUT2D eigenvalue weighted by Crippen LogP contribution is -2.18. The van der Waals surface area contributed by atoms with Gasteiger partial charge in [0.15, 0.2) is 5.13 Å². The summed E-state index contributed by atoms with van der Waals surface area (Å²) in [6, 6.07) is 15.2. The van der Waals surface area contributed by atoms with Crippen LogP contribution >= 0.6 is 33.9 Å². The number of anilines is 1. The maximum atomic E-state index is 12.4. The van der Waals surface area contributed by atoms with Gasteiger partial charge in [0.2, 0.25) is 5.91 Å². The Balaban J connectivity index is 1.69. The van der Waals surface area contributed by atoms with E-state index in [2.05, 4.69) is 38.2 Å². The lowest BCUT2D eigenvalue weighted by atomic mass is 10.1. The van der Waals surface area contributed by atoms with Crippen LogP contribution in [0.3, 0.4) is 0 Å². The van der Waals surface area contributed by atoms with Gasteiger partial charge in [0.1, 0.15) is 0 Å². The molecule has 0 spiro atoms. The van der Waals surface area contributed by atoms with Crippen molar-refractivity contribution in [1.29, 1.82) is 0 Å². The molecular formula is C19H16IN3O2S. The number of hydrogen-bond donors (Lipinski definition) is 2. The van der Waals surface area contributed by atoms with Crippen molar-refractivity contribution in [3.8, 4) is 11.3 Å². The van der Waals surface area contributed by atoms with Crippen molar-refractivity contribution >= 4 is 50.9 Å². The van der Waals surface area contributed by atoms with Gasteiger partial charge in [-0.25, -0.2) is 4.98 Å². The van der Waals surface area contributed by atoms with E-state index in [0.29, 0.717) is 17.2 Å². The fourth-order valence-corrected chi connectivity index (χ4v) is 3.64. The van der Waals surface area contributed by atoms with E-state index in [4.69, 9.17) is 0 Å². The van der Waals surface area contributed by atoms with Crippen molar-refractivity contribution in [3.63, 3.8) is 0 Å². The standard InChI is InChI=1S/C19H16IN3O2S/c1-12(24)21-10-13-6-8-14(9-7-13)17-11-26-19(22-17)23-18(25)15-4-2-3-5-16(15)20/h2-9,11H,10H2,1H3,(H,21,24)(H,22,23,25). The number of aromatic nitrogens is 1. The van der Waals surface area contributed by atoms with Crippen molar-refractivity contribution < 1.29 is 9.59 Å². The number of nitrogens with one attached hydrogen (secondary N) is 2. The highest BCUT2D eigenvalue weighted by Gasteiger charge is 2.12. The van der Waals surface area contributed by atoms with Gasteiger partial charge < -0.3 is 5.32 Å². The summed E-state index contributed by atoms with van der Waals surface area (Å²) < 4.78 is 0.897. The summed E-state index contributed by atoms with van der Waals surface area (Å²) in [5, 5.41) is 8.09. The highest BCUT2D eigenvalue weighted by atomic mass is 127. The van der Waals surface area contributed by atoms with E-state index in [0.717, 1.165) is 20.4 Å². The van der Waals surface area contributed by atoms with Gasteiger partial charge in [0.05, 0.1) is 11.3 Å². The lowest BCUT2D eigenvalue weighted by molar-refractivity contribution is -0.119. The molecule has 26 heavy (non-hydrogen) atoms. The van der Waals surface area contributed by atoms with Crippen molar-refractivity contribution in [3.05, 3.63) is 68.6 Å². The predicted molar refractivity (Wildman–Crippen MR) is 112 cm³/mol. The molecule has 0 aliphatic rings. The van der Waals surface area contributed by atoms with Crippen LogP contribution < -0.4 is 10.6 Å². The molecule has 0 unspecified atom stereocenters. The Bertz CT molecular complexity index is 938. The third-order valence-corrected chi connectivity index (χ3v) is 5.33. The number of carbonyl (C=O) groups is 2. The molecular weight excluding hydrogens is 461 g/mol. The van der Waals surface area contributed by atoms with Gasteiger partial charge in [-0.1, -0.05) is 36.4 Å². The fraction of sp³-hybridized carbons (Fsp3) is 0.105. The molecule has 2 aromatic carbocycles. The molecule has 1 aromatic heterocycles. The van der Waals surface area contributed by atoms with Gasteiger partial charge in [0, 0.05) is 28.0 Å². The van der Waals surface area contributed by atoms with Crippen LogP contribution in [0, 0.1) is 3.57 Å². The summed E-state index contributed by atoms with van der Waals surface area (Å²) in [6.07, 6.45) is 0. The summed E-state index contributed by atoms with van der Waals surface area (Å²) in [4.78, 5) is 27.8. The van der Waals surface area contributed by atoms with Gasteiger partial charge in [-0.15, -0.1) is 11.3 Å². The molecule has 2 amide bonds. The Kier molecular flexibility index (Phi) is 6.00. The largest absolute Gasteiger partial charge is 0.352 e. The number of halogens is 1. The van der Waals surface area contributed by atoms with E-state index in [9.17, 15) is 9.59 Å². The third kappa shape index (κ3) is 4.67. The van der Waals surface area contributed by atoms with Crippen LogP contribution in [-0.4, -0.2) is 16.8 Å². The molecule has 0 bridgehead atoms. The highest BCUT2D eigenvalue weighted by Crippen LogP contribution is 2.26. The first-order valence-corrected chi connectivity index (χ1v) is 9.84. The van der Waals surface area contributed by atoms with Crippen LogP contribution in [0.4, 0.5) is 5.13 Å². The van der Waals surface area contributed by atoms with Gasteiger partial charge >= 0.3 is 0 Å².